The Hall–Kier alpha value is -2.43. The molecule has 0 atom stereocenters. The van der Waals surface area contributed by atoms with Crippen LogP contribution in [0.1, 0.15) is 24.5 Å². The Labute approximate surface area is 141 Å². The lowest BCUT2D eigenvalue weighted by molar-refractivity contribution is -0.121. The van der Waals surface area contributed by atoms with Crippen molar-refractivity contribution in [2.45, 2.75) is 26.3 Å². The van der Waals surface area contributed by atoms with Crippen LogP contribution >= 0.6 is 0 Å². The molecule has 0 heterocycles. The van der Waals surface area contributed by atoms with Gasteiger partial charge in [-0.25, -0.2) is 8.78 Å². The van der Waals surface area contributed by atoms with E-state index in [4.69, 9.17) is 0 Å². The minimum absolute atomic E-state index is 0.116. The second-order valence-electron chi connectivity index (χ2n) is 5.70. The van der Waals surface area contributed by atoms with Crippen LogP contribution in [0.2, 0.25) is 0 Å². The predicted molar refractivity (Wildman–Crippen MR) is 91.9 cm³/mol. The zero-order valence-corrected chi connectivity index (χ0v) is 14.0. The highest BCUT2D eigenvalue weighted by Crippen LogP contribution is 2.19. The summed E-state index contributed by atoms with van der Waals surface area (Å²) in [6.45, 7) is 2.96. The van der Waals surface area contributed by atoms with E-state index in [0.717, 1.165) is 17.7 Å². The normalized spacial score (nSPS) is 10.5. The van der Waals surface area contributed by atoms with Crippen molar-refractivity contribution in [1.29, 1.82) is 0 Å². The van der Waals surface area contributed by atoms with Crippen molar-refractivity contribution in [3.8, 4) is 0 Å². The van der Waals surface area contributed by atoms with Crippen LogP contribution in [0.5, 0.6) is 0 Å². The number of amides is 1. The molecule has 1 amide bonds. The van der Waals surface area contributed by atoms with E-state index in [1.807, 2.05) is 24.9 Å². The molecule has 0 saturated heterocycles. The van der Waals surface area contributed by atoms with Gasteiger partial charge in [-0.2, -0.15) is 0 Å². The summed E-state index contributed by atoms with van der Waals surface area (Å²) in [7, 11) is 1.83. The summed E-state index contributed by atoms with van der Waals surface area (Å²) < 4.78 is 26.8. The third-order valence-corrected chi connectivity index (χ3v) is 3.94. The van der Waals surface area contributed by atoms with Gasteiger partial charge in [-0.1, -0.05) is 18.2 Å². The first-order chi connectivity index (χ1) is 11.5. The lowest BCUT2D eigenvalue weighted by Gasteiger charge is -2.18. The number of benzene rings is 2. The summed E-state index contributed by atoms with van der Waals surface area (Å²) in [5, 5.41) is 2.78. The molecule has 3 nitrogen and oxygen atoms in total. The zero-order chi connectivity index (χ0) is 17.5. The van der Waals surface area contributed by atoms with Crippen LogP contribution in [-0.2, 0) is 17.8 Å². The number of halogens is 2. The molecule has 5 heteroatoms. The first-order valence-electron chi connectivity index (χ1n) is 8.00. The maximum atomic E-state index is 14.0. The Morgan fingerprint density at radius 2 is 1.75 bits per heavy atom. The van der Waals surface area contributed by atoms with E-state index in [9.17, 15) is 13.6 Å². The fraction of sp³-hybridized carbons (Fsp3) is 0.316. The van der Waals surface area contributed by atoms with Gasteiger partial charge in [0, 0.05) is 26.6 Å². The Balaban J connectivity index is 1.83. The third kappa shape index (κ3) is 5.05. The quantitative estimate of drug-likeness (QED) is 0.839. The number of nitrogens with zero attached hydrogens (tertiary/aromatic N) is 1. The van der Waals surface area contributed by atoms with Crippen LogP contribution in [0.4, 0.5) is 14.5 Å². The van der Waals surface area contributed by atoms with Crippen molar-refractivity contribution < 1.29 is 13.6 Å². The van der Waals surface area contributed by atoms with Crippen LogP contribution in [0.3, 0.4) is 0 Å². The van der Waals surface area contributed by atoms with Crippen molar-refractivity contribution in [2.24, 2.45) is 0 Å². The maximum Gasteiger partial charge on any atom is 0.220 e. The number of carbonyl (C=O) groups is 1. The van der Waals surface area contributed by atoms with E-state index in [0.29, 0.717) is 18.5 Å². The summed E-state index contributed by atoms with van der Waals surface area (Å²) in [5.74, 6) is -0.700. The molecule has 2 aromatic rings. The summed E-state index contributed by atoms with van der Waals surface area (Å²) in [5.41, 5.74) is 2.17. The van der Waals surface area contributed by atoms with Crippen LogP contribution in [0, 0.1) is 11.6 Å². The van der Waals surface area contributed by atoms with Gasteiger partial charge < -0.3 is 10.2 Å². The Kier molecular flexibility index (Phi) is 6.29. The van der Waals surface area contributed by atoms with Crippen molar-refractivity contribution >= 4 is 11.6 Å². The van der Waals surface area contributed by atoms with Crippen LogP contribution < -0.4 is 10.2 Å². The van der Waals surface area contributed by atoms with E-state index in [-0.39, 0.29) is 24.1 Å². The van der Waals surface area contributed by atoms with Gasteiger partial charge in [-0.15, -0.1) is 0 Å². The van der Waals surface area contributed by atoms with Crippen LogP contribution in [0.25, 0.3) is 0 Å². The van der Waals surface area contributed by atoms with Crippen LogP contribution in [0.15, 0.2) is 42.5 Å². The standard InChI is InChI=1S/C19H22F2N2O/c1-3-23(2)18-10-6-15(12-17(18)21)13-22-19(24)11-7-14-4-8-16(20)9-5-14/h4-6,8-10,12H,3,7,11,13H2,1-2H3,(H,22,24). The number of aryl methyl sites for hydroxylation is 1. The minimum atomic E-state index is -0.294. The zero-order valence-electron chi connectivity index (χ0n) is 14.0. The molecular weight excluding hydrogens is 310 g/mol. The van der Waals surface area contributed by atoms with Crippen LogP contribution in [-0.4, -0.2) is 19.5 Å². The summed E-state index contributed by atoms with van der Waals surface area (Å²) >= 11 is 0. The molecular formula is C19H22F2N2O. The molecule has 2 rings (SSSR count). The van der Waals surface area contributed by atoms with E-state index in [1.165, 1.54) is 18.2 Å². The third-order valence-electron chi connectivity index (χ3n) is 3.94. The fourth-order valence-electron chi connectivity index (χ4n) is 2.34. The fourth-order valence-corrected chi connectivity index (χ4v) is 2.34. The molecule has 0 radical (unpaired) electrons. The van der Waals surface area contributed by atoms with Crippen molar-refractivity contribution in [2.75, 3.05) is 18.5 Å². The Bertz CT molecular complexity index is 686. The van der Waals surface area contributed by atoms with E-state index < -0.39 is 0 Å². The number of carbonyl (C=O) groups excluding carboxylic acids is 1. The number of hydrogen-bond donors (Lipinski definition) is 1. The summed E-state index contributed by atoms with van der Waals surface area (Å²) in [6.07, 6.45) is 0.853. The molecule has 0 aromatic heterocycles. The highest BCUT2D eigenvalue weighted by Gasteiger charge is 2.08. The van der Waals surface area contributed by atoms with Crippen molar-refractivity contribution in [1.82, 2.24) is 5.32 Å². The molecule has 1 N–H and O–H groups in total. The monoisotopic (exact) mass is 332 g/mol. The molecule has 0 bridgehead atoms. The largest absolute Gasteiger partial charge is 0.373 e. The van der Waals surface area contributed by atoms with Gasteiger partial charge in [0.2, 0.25) is 5.91 Å². The van der Waals surface area contributed by atoms with Gasteiger partial charge in [0.1, 0.15) is 11.6 Å². The highest BCUT2D eigenvalue weighted by molar-refractivity contribution is 5.76. The molecule has 2 aromatic carbocycles. The summed E-state index contributed by atoms with van der Waals surface area (Å²) in [6, 6.07) is 11.1. The first kappa shape index (κ1) is 17.9. The topological polar surface area (TPSA) is 32.3 Å². The lowest BCUT2D eigenvalue weighted by Crippen LogP contribution is -2.23. The second kappa shape index (κ2) is 8.43. The van der Waals surface area contributed by atoms with Gasteiger partial charge in [0.05, 0.1) is 5.69 Å². The lowest BCUT2D eigenvalue weighted by atomic mass is 10.1. The summed E-state index contributed by atoms with van der Waals surface area (Å²) in [4.78, 5) is 13.7. The van der Waals surface area contributed by atoms with Gasteiger partial charge >= 0.3 is 0 Å². The number of hydrogen-bond acceptors (Lipinski definition) is 2. The molecule has 0 fully saturated rings. The average Bonchev–Trinajstić information content (AvgIpc) is 2.59. The number of rotatable bonds is 7. The first-order valence-corrected chi connectivity index (χ1v) is 8.00. The van der Waals surface area contributed by atoms with E-state index in [2.05, 4.69) is 5.32 Å². The molecule has 0 saturated carbocycles. The minimum Gasteiger partial charge on any atom is -0.373 e. The van der Waals surface area contributed by atoms with Gasteiger partial charge in [-0.3, -0.25) is 4.79 Å². The second-order valence-corrected chi connectivity index (χ2v) is 5.70. The van der Waals surface area contributed by atoms with Crippen molar-refractivity contribution in [3.05, 3.63) is 65.2 Å². The molecule has 0 aliphatic carbocycles. The number of nitrogens with one attached hydrogen (secondary N) is 1. The molecule has 128 valence electrons. The molecule has 24 heavy (non-hydrogen) atoms. The van der Waals surface area contributed by atoms with E-state index >= 15 is 0 Å². The number of anilines is 1. The molecule has 0 aliphatic rings. The van der Waals surface area contributed by atoms with Crippen molar-refractivity contribution in [3.63, 3.8) is 0 Å². The predicted octanol–water partition coefficient (Wildman–Crippen LogP) is 3.67. The average molecular weight is 332 g/mol. The Morgan fingerprint density at radius 3 is 2.38 bits per heavy atom. The Morgan fingerprint density at radius 1 is 1.08 bits per heavy atom. The molecule has 0 unspecified atom stereocenters. The SMILES string of the molecule is CCN(C)c1ccc(CNC(=O)CCc2ccc(F)cc2)cc1F. The van der Waals surface area contributed by atoms with Gasteiger partial charge in [-0.05, 0) is 48.7 Å². The van der Waals surface area contributed by atoms with E-state index in [1.54, 1.807) is 18.2 Å². The molecule has 0 spiro atoms. The van der Waals surface area contributed by atoms with Gasteiger partial charge in [0.25, 0.3) is 0 Å². The molecule has 0 aliphatic heterocycles. The smallest absolute Gasteiger partial charge is 0.220 e. The maximum absolute atomic E-state index is 14.0. The highest BCUT2D eigenvalue weighted by atomic mass is 19.1. The van der Waals surface area contributed by atoms with Gasteiger partial charge in [0.15, 0.2) is 0 Å².